The molecule has 0 bridgehead atoms. The average molecular weight is 489 g/mol. The Morgan fingerprint density at radius 3 is 1.88 bits per heavy atom. The van der Waals surface area contributed by atoms with Gasteiger partial charge in [0.05, 0.1) is 6.61 Å². The van der Waals surface area contributed by atoms with E-state index >= 15 is 0 Å². The molecule has 6 nitrogen and oxygen atoms in total. The Hall–Kier alpha value is -1.58. The number of ether oxygens (including phenoxy) is 4. The summed E-state index contributed by atoms with van der Waals surface area (Å²) in [5.41, 5.74) is 0. The second-order valence-corrected chi connectivity index (χ2v) is 14.1. The van der Waals surface area contributed by atoms with Crippen molar-refractivity contribution >= 4 is 18.7 Å². The minimum Gasteiger partial charge on any atom is -0.405 e. The highest BCUT2D eigenvalue weighted by atomic mass is 28.4. The molecule has 5 atom stereocenters. The van der Waals surface area contributed by atoms with Gasteiger partial charge in [-0.15, -0.1) is 0 Å². The van der Waals surface area contributed by atoms with Gasteiger partial charge in [-0.3, -0.25) is 0 Å². The molecule has 0 saturated carbocycles. The first kappa shape index (κ1) is 27.0. The van der Waals surface area contributed by atoms with Gasteiger partial charge in [-0.2, -0.15) is 0 Å². The molecule has 1 fully saturated rings. The van der Waals surface area contributed by atoms with Crippen LogP contribution < -0.4 is 10.4 Å². The van der Waals surface area contributed by atoms with E-state index in [4.69, 9.17) is 23.4 Å². The highest BCUT2D eigenvalue weighted by molar-refractivity contribution is 6.99. The number of hydrogen-bond acceptors (Lipinski definition) is 6. The van der Waals surface area contributed by atoms with Gasteiger partial charge in [0.1, 0.15) is 24.4 Å². The topological polar surface area (TPSA) is 66.4 Å². The van der Waals surface area contributed by atoms with Crippen LogP contribution in [0.1, 0.15) is 34.1 Å². The van der Waals surface area contributed by atoms with Gasteiger partial charge < -0.3 is 28.5 Å². The van der Waals surface area contributed by atoms with E-state index in [-0.39, 0.29) is 11.6 Å². The monoisotopic (exact) mass is 488 g/mol. The second kappa shape index (κ2) is 11.9. The first-order valence-electron chi connectivity index (χ1n) is 12.1. The molecule has 2 aromatic rings. The highest BCUT2D eigenvalue weighted by Crippen LogP contribution is 2.37. The van der Waals surface area contributed by atoms with E-state index in [2.05, 4.69) is 69.3 Å². The lowest BCUT2D eigenvalue weighted by molar-refractivity contribution is -0.305. The maximum atomic E-state index is 11.3. The summed E-state index contributed by atoms with van der Waals surface area (Å²) in [6, 6.07) is 20.9. The third kappa shape index (κ3) is 5.46. The van der Waals surface area contributed by atoms with Crippen LogP contribution >= 0.6 is 0 Å². The van der Waals surface area contributed by atoms with Gasteiger partial charge in [0.15, 0.2) is 6.29 Å². The molecule has 2 aromatic carbocycles. The summed E-state index contributed by atoms with van der Waals surface area (Å²) >= 11 is 0. The van der Waals surface area contributed by atoms with Gasteiger partial charge in [-0.25, -0.2) is 0 Å². The van der Waals surface area contributed by atoms with Crippen molar-refractivity contribution in [3.63, 3.8) is 0 Å². The quantitative estimate of drug-likeness (QED) is 0.519. The number of benzene rings is 2. The van der Waals surface area contributed by atoms with E-state index in [1.807, 2.05) is 19.1 Å². The SMILES string of the molecule is CCCO[C@H]1[C@H](O)[C@@H](CO[Si](c2ccccc2)(c2ccccc2)C(C)(C)C)OC(OC)[C@@H]1OC. The van der Waals surface area contributed by atoms with Crippen LogP contribution in [-0.4, -0.2) is 71.6 Å². The largest absolute Gasteiger partial charge is 0.405 e. The Morgan fingerprint density at radius 2 is 1.44 bits per heavy atom. The molecule has 3 rings (SSSR count). The summed E-state index contributed by atoms with van der Waals surface area (Å²) in [5, 5.41) is 13.4. The number of aliphatic hydroxyl groups excluding tert-OH is 1. The number of hydrogen-bond donors (Lipinski definition) is 1. The fourth-order valence-corrected chi connectivity index (χ4v) is 9.45. The van der Waals surface area contributed by atoms with Crippen LogP contribution in [0.4, 0.5) is 0 Å². The van der Waals surface area contributed by atoms with Crippen molar-refractivity contribution in [2.45, 2.75) is 69.9 Å². The number of methoxy groups -OCH3 is 2. The molecule has 1 heterocycles. The third-order valence-electron chi connectivity index (χ3n) is 6.52. The van der Waals surface area contributed by atoms with Crippen LogP contribution in [0.25, 0.3) is 0 Å². The summed E-state index contributed by atoms with van der Waals surface area (Å²) in [6.45, 7) is 9.43. The van der Waals surface area contributed by atoms with Crippen LogP contribution in [0.15, 0.2) is 60.7 Å². The molecule has 0 amide bonds. The minimum absolute atomic E-state index is 0.177. The van der Waals surface area contributed by atoms with E-state index in [0.29, 0.717) is 6.61 Å². The molecular weight excluding hydrogens is 448 g/mol. The van der Waals surface area contributed by atoms with Crippen LogP contribution in [0.2, 0.25) is 5.04 Å². The first-order valence-corrected chi connectivity index (χ1v) is 14.0. The van der Waals surface area contributed by atoms with Gasteiger partial charge in [-0.1, -0.05) is 88.4 Å². The van der Waals surface area contributed by atoms with Gasteiger partial charge in [0.25, 0.3) is 8.32 Å². The average Bonchev–Trinajstić information content (AvgIpc) is 2.84. The predicted octanol–water partition coefficient (Wildman–Crippen LogP) is 3.11. The van der Waals surface area contributed by atoms with Gasteiger partial charge in [-0.05, 0) is 21.8 Å². The standard InChI is InChI=1S/C27H40O6Si/c1-7-18-31-24-23(28)22(33-26(30-6)25(24)29-5)19-32-34(27(2,3)4,20-14-10-8-11-15-20)21-16-12-9-13-17-21/h8-17,22-26,28H,7,18-19H2,1-6H3/t22-,23-,24+,25-,26?/m1/s1. The summed E-state index contributed by atoms with van der Waals surface area (Å²) in [4.78, 5) is 0. The van der Waals surface area contributed by atoms with Crippen molar-refractivity contribution in [1.29, 1.82) is 0 Å². The molecule has 0 spiro atoms. The smallest absolute Gasteiger partial charge is 0.261 e. The molecular formula is C27H40O6Si. The fraction of sp³-hybridized carbons (Fsp3) is 0.556. The van der Waals surface area contributed by atoms with Gasteiger partial charge in [0.2, 0.25) is 0 Å². The Labute approximate surface area is 205 Å². The molecule has 34 heavy (non-hydrogen) atoms. The van der Waals surface area contributed by atoms with Crippen molar-refractivity contribution < 1.29 is 28.5 Å². The summed E-state index contributed by atoms with van der Waals surface area (Å²) in [7, 11) is 0.381. The highest BCUT2D eigenvalue weighted by Gasteiger charge is 2.52. The zero-order valence-electron chi connectivity index (χ0n) is 21.3. The lowest BCUT2D eigenvalue weighted by atomic mass is 9.99. The Morgan fingerprint density at radius 1 is 0.882 bits per heavy atom. The normalized spacial score (nSPS) is 25.9. The Balaban J connectivity index is 1.97. The fourth-order valence-electron chi connectivity index (χ4n) is 4.88. The van der Waals surface area contributed by atoms with Gasteiger partial charge in [0, 0.05) is 20.8 Å². The first-order chi connectivity index (χ1) is 16.3. The van der Waals surface area contributed by atoms with Crippen molar-refractivity contribution in [1.82, 2.24) is 0 Å². The molecule has 7 heteroatoms. The summed E-state index contributed by atoms with van der Waals surface area (Å²) < 4.78 is 30.3. The zero-order chi connectivity index (χ0) is 24.8. The van der Waals surface area contributed by atoms with E-state index in [9.17, 15) is 5.11 Å². The van der Waals surface area contributed by atoms with E-state index in [1.165, 1.54) is 10.4 Å². The maximum absolute atomic E-state index is 11.3. The van der Waals surface area contributed by atoms with E-state index < -0.39 is 39.0 Å². The van der Waals surface area contributed by atoms with Crippen molar-refractivity contribution in [3.05, 3.63) is 60.7 Å². The summed E-state index contributed by atoms with van der Waals surface area (Å²) in [5.74, 6) is 0. The lowest BCUT2D eigenvalue weighted by Crippen LogP contribution is -2.68. The van der Waals surface area contributed by atoms with E-state index in [0.717, 1.165) is 6.42 Å². The Kier molecular flexibility index (Phi) is 9.46. The lowest BCUT2D eigenvalue weighted by Gasteiger charge is -2.46. The van der Waals surface area contributed by atoms with Crippen LogP contribution in [0.5, 0.6) is 0 Å². The molecule has 0 radical (unpaired) electrons. The van der Waals surface area contributed by atoms with Crippen LogP contribution in [-0.2, 0) is 23.4 Å². The molecule has 1 aliphatic rings. The van der Waals surface area contributed by atoms with E-state index in [1.54, 1.807) is 14.2 Å². The Bertz CT molecular complexity index is 817. The molecule has 1 N–H and O–H groups in total. The van der Waals surface area contributed by atoms with Crippen molar-refractivity contribution in [3.8, 4) is 0 Å². The minimum atomic E-state index is -2.77. The van der Waals surface area contributed by atoms with Crippen molar-refractivity contribution in [2.75, 3.05) is 27.4 Å². The molecule has 1 aliphatic heterocycles. The predicted molar refractivity (Wildman–Crippen MR) is 136 cm³/mol. The number of aliphatic hydroxyl groups is 1. The molecule has 1 unspecified atom stereocenters. The third-order valence-corrected chi connectivity index (χ3v) is 11.5. The van der Waals surface area contributed by atoms with Gasteiger partial charge >= 0.3 is 0 Å². The number of rotatable bonds is 10. The molecule has 0 aliphatic carbocycles. The molecule has 188 valence electrons. The van der Waals surface area contributed by atoms with Crippen molar-refractivity contribution in [2.24, 2.45) is 0 Å². The summed E-state index contributed by atoms with van der Waals surface area (Å²) in [6.07, 6.45) is -2.47. The molecule has 1 saturated heterocycles. The van der Waals surface area contributed by atoms with Crippen LogP contribution in [0, 0.1) is 0 Å². The second-order valence-electron chi connectivity index (χ2n) is 9.78. The molecule has 0 aromatic heterocycles. The maximum Gasteiger partial charge on any atom is 0.261 e. The zero-order valence-corrected chi connectivity index (χ0v) is 22.3. The van der Waals surface area contributed by atoms with Crippen LogP contribution in [0.3, 0.4) is 0 Å².